The third-order valence-electron chi connectivity index (χ3n) is 4.20. The van der Waals surface area contributed by atoms with Crippen LogP contribution in [0.1, 0.15) is 17.3 Å². The molecule has 150 valence electrons. The van der Waals surface area contributed by atoms with Crippen molar-refractivity contribution in [2.45, 2.75) is 6.92 Å². The molecule has 0 aliphatic carbocycles. The minimum Gasteiger partial charge on any atom is -0.475 e. The predicted molar refractivity (Wildman–Crippen MR) is 107 cm³/mol. The first kappa shape index (κ1) is 20.2. The standard InChI is InChI=1S/C21H22N4O4/c1-3-17-14(2)20(26)24-8-9-28-10-11-29-19-13-15(4-7-23-19)18-12-16(5-6-22-18)21(27)25-17/h3-7,12-13H,2,8-11H2,1H3,(H,24,26)(H,25,27)/b17-3+. The summed E-state index contributed by atoms with van der Waals surface area (Å²) in [5.41, 5.74) is 2.27. The minimum absolute atomic E-state index is 0.165. The minimum atomic E-state index is -0.381. The second kappa shape index (κ2) is 9.61. The largest absolute Gasteiger partial charge is 0.475 e. The van der Waals surface area contributed by atoms with E-state index in [9.17, 15) is 9.59 Å². The molecule has 2 amide bonds. The molecule has 0 atom stereocenters. The summed E-state index contributed by atoms with van der Waals surface area (Å²) in [4.78, 5) is 33.5. The molecule has 3 heterocycles. The Kier molecular flexibility index (Phi) is 6.70. The van der Waals surface area contributed by atoms with Crippen molar-refractivity contribution in [1.29, 1.82) is 0 Å². The van der Waals surface area contributed by atoms with E-state index in [1.807, 2.05) is 0 Å². The molecule has 2 aromatic heterocycles. The quantitative estimate of drug-likeness (QED) is 0.661. The molecule has 1 aliphatic rings. The van der Waals surface area contributed by atoms with Gasteiger partial charge in [0.25, 0.3) is 11.8 Å². The molecule has 1 aliphatic heterocycles. The average Bonchev–Trinajstić information content (AvgIpc) is 2.75. The van der Waals surface area contributed by atoms with E-state index in [1.165, 1.54) is 0 Å². The first-order valence-electron chi connectivity index (χ1n) is 9.16. The zero-order valence-electron chi connectivity index (χ0n) is 16.1. The van der Waals surface area contributed by atoms with Crippen LogP contribution in [0, 0.1) is 0 Å². The lowest BCUT2D eigenvalue weighted by Gasteiger charge is -2.14. The molecule has 2 aromatic rings. The number of ether oxygens (including phenoxy) is 2. The smallest absolute Gasteiger partial charge is 0.255 e. The van der Waals surface area contributed by atoms with Crippen LogP contribution in [0.25, 0.3) is 11.3 Å². The summed E-state index contributed by atoms with van der Waals surface area (Å²) in [7, 11) is 0. The van der Waals surface area contributed by atoms with Crippen LogP contribution in [0.2, 0.25) is 0 Å². The van der Waals surface area contributed by atoms with Crippen molar-refractivity contribution in [2.75, 3.05) is 26.4 Å². The van der Waals surface area contributed by atoms with Crippen molar-refractivity contribution < 1.29 is 19.1 Å². The van der Waals surface area contributed by atoms with Gasteiger partial charge in [0.2, 0.25) is 5.88 Å². The Morgan fingerprint density at radius 1 is 1.03 bits per heavy atom. The number of aromatic nitrogens is 2. The van der Waals surface area contributed by atoms with Crippen molar-refractivity contribution in [3.63, 3.8) is 0 Å². The van der Waals surface area contributed by atoms with E-state index in [0.29, 0.717) is 49.2 Å². The molecule has 2 N–H and O–H groups in total. The molecule has 0 fully saturated rings. The highest BCUT2D eigenvalue weighted by atomic mass is 16.5. The monoisotopic (exact) mass is 394 g/mol. The number of nitrogens with one attached hydrogen (secondary N) is 2. The van der Waals surface area contributed by atoms with Gasteiger partial charge in [0, 0.05) is 41.8 Å². The topological polar surface area (TPSA) is 102 Å². The third-order valence-corrected chi connectivity index (χ3v) is 4.20. The lowest BCUT2D eigenvalue weighted by atomic mass is 10.1. The van der Waals surface area contributed by atoms with Gasteiger partial charge in [-0.1, -0.05) is 12.7 Å². The normalized spacial score (nSPS) is 17.6. The van der Waals surface area contributed by atoms with Gasteiger partial charge in [-0.2, -0.15) is 0 Å². The summed E-state index contributed by atoms with van der Waals surface area (Å²) in [5, 5.41) is 5.44. The van der Waals surface area contributed by atoms with Crippen molar-refractivity contribution in [3.05, 3.63) is 66.1 Å². The highest BCUT2D eigenvalue weighted by molar-refractivity contribution is 6.01. The van der Waals surface area contributed by atoms with Gasteiger partial charge in [0.15, 0.2) is 0 Å². The Balaban J connectivity index is 1.91. The number of hydrogen-bond donors (Lipinski definition) is 2. The molecule has 0 saturated heterocycles. The lowest BCUT2D eigenvalue weighted by molar-refractivity contribution is -0.117. The SMILES string of the molecule is C=C1C(=O)NCCOCCOc2cc(ccn2)-c2cc(ccn2)C(=O)N/C1=C/C. The number of pyridine rings is 2. The summed E-state index contributed by atoms with van der Waals surface area (Å²) >= 11 is 0. The van der Waals surface area contributed by atoms with Gasteiger partial charge in [0.1, 0.15) is 6.61 Å². The van der Waals surface area contributed by atoms with Crippen LogP contribution in [-0.4, -0.2) is 48.1 Å². The van der Waals surface area contributed by atoms with Gasteiger partial charge in [-0.3, -0.25) is 14.6 Å². The Labute approximate surface area is 168 Å². The van der Waals surface area contributed by atoms with Gasteiger partial charge in [-0.25, -0.2) is 4.98 Å². The number of hydrogen-bond acceptors (Lipinski definition) is 6. The predicted octanol–water partition coefficient (Wildman–Crippen LogP) is 1.86. The molecule has 0 spiro atoms. The number of carbonyl (C=O) groups excluding carboxylic acids is 2. The molecule has 0 unspecified atom stereocenters. The average molecular weight is 394 g/mol. The number of nitrogens with zero attached hydrogens (tertiary/aromatic N) is 2. The molecule has 8 heteroatoms. The second-order valence-corrected chi connectivity index (χ2v) is 6.16. The molecular formula is C21H22N4O4. The lowest BCUT2D eigenvalue weighted by Crippen LogP contribution is -2.33. The fourth-order valence-electron chi connectivity index (χ4n) is 2.67. The summed E-state index contributed by atoms with van der Waals surface area (Å²) in [6, 6.07) is 6.81. The van der Waals surface area contributed by atoms with Gasteiger partial charge < -0.3 is 20.1 Å². The number of allylic oxidation sites excluding steroid dienone is 1. The maximum atomic E-state index is 12.7. The number of rotatable bonds is 0. The molecule has 0 radical (unpaired) electrons. The summed E-state index contributed by atoms with van der Waals surface area (Å²) in [5.74, 6) is -0.315. The highest BCUT2D eigenvalue weighted by Crippen LogP contribution is 2.21. The molecule has 3 rings (SSSR count). The van der Waals surface area contributed by atoms with E-state index in [-0.39, 0.29) is 17.4 Å². The zero-order valence-corrected chi connectivity index (χ0v) is 16.1. The van der Waals surface area contributed by atoms with E-state index < -0.39 is 0 Å². The number of fused-ring (bicyclic) bond motifs is 5. The third kappa shape index (κ3) is 5.26. The van der Waals surface area contributed by atoms with Crippen molar-refractivity contribution in [1.82, 2.24) is 20.6 Å². The van der Waals surface area contributed by atoms with Gasteiger partial charge in [0.05, 0.1) is 24.5 Å². The van der Waals surface area contributed by atoms with Crippen LogP contribution >= 0.6 is 0 Å². The van der Waals surface area contributed by atoms with Crippen molar-refractivity contribution in [2.24, 2.45) is 0 Å². The molecular weight excluding hydrogens is 372 g/mol. The molecule has 29 heavy (non-hydrogen) atoms. The van der Waals surface area contributed by atoms with Crippen LogP contribution in [0.15, 0.2) is 60.6 Å². The summed E-state index contributed by atoms with van der Waals surface area (Å²) in [6.07, 6.45) is 4.80. The fourth-order valence-corrected chi connectivity index (χ4v) is 2.67. The van der Waals surface area contributed by atoms with E-state index >= 15 is 0 Å². The number of carbonyl (C=O) groups is 2. The van der Waals surface area contributed by atoms with Crippen LogP contribution in [-0.2, 0) is 9.53 Å². The van der Waals surface area contributed by atoms with Crippen LogP contribution in [0.5, 0.6) is 5.88 Å². The maximum absolute atomic E-state index is 12.7. The van der Waals surface area contributed by atoms with E-state index in [2.05, 4.69) is 27.2 Å². The van der Waals surface area contributed by atoms with Gasteiger partial charge >= 0.3 is 0 Å². The summed E-state index contributed by atoms with van der Waals surface area (Å²) in [6.45, 7) is 6.81. The highest BCUT2D eigenvalue weighted by Gasteiger charge is 2.16. The van der Waals surface area contributed by atoms with E-state index in [0.717, 1.165) is 5.56 Å². The molecule has 4 bridgehead atoms. The van der Waals surface area contributed by atoms with Crippen LogP contribution < -0.4 is 15.4 Å². The zero-order chi connectivity index (χ0) is 20.6. The van der Waals surface area contributed by atoms with Crippen LogP contribution in [0.4, 0.5) is 0 Å². The first-order valence-corrected chi connectivity index (χ1v) is 9.16. The molecule has 0 saturated carbocycles. The fraction of sp³-hybridized carbons (Fsp3) is 0.238. The Morgan fingerprint density at radius 3 is 2.66 bits per heavy atom. The Morgan fingerprint density at radius 2 is 1.83 bits per heavy atom. The number of amides is 2. The maximum Gasteiger partial charge on any atom is 0.255 e. The Hall–Kier alpha value is -3.52. The Bertz CT molecular complexity index is 955. The van der Waals surface area contributed by atoms with Gasteiger partial charge in [-0.15, -0.1) is 0 Å². The second-order valence-electron chi connectivity index (χ2n) is 6.16. The summed E-state index contributed by atoms with van der Waals surface area (Å²) < 4.78 is 11.0. The molecule has 8 nitrogen and oxygen atoms in total. The first-order chi connectivity index (χ1) is 14.1. The van der Waals surface area contributed by atoms with E-state index in [1.54, 1.807) is 49.7 Å². The van der Waals surface area contributed by atoms with Gasteiger partial charge in [-0.05, 0) is 25.1 Å². The van der Waals surface area contributed by atoms with Crippen molar-refractivity contribution >= 4 is 11.8 Å². The molecule has 0 aromatic carbocycles. The van der Waals surface area contributed by atoms with E-state index in [4.69, 9.17) is 9.47 Å². The van der Waals surface area contributed by atoms with Crippen LogP contribution in [0.3, 0.4) is 0 Å². The van der Waals surface area contributed by atoms with Crippen molar-refractivity contribution in [3.8, 4) is 17.1 Å².